The highest BCUT2D eigenvalue weighted by Crippen LogP contribution is 2.36. The molecule has 0 aliphatic heterocycles. The zero-order valence-corrected chi connectivity index (χ0v) is 16.5. The van der Waals surface area contributed by atoms with E-state index in [9.17, 15) is 18.5 Å². The maximum absolute atomic E-state index is 13.9. The van der Waals surface area contributed by atoms with Crippen LogP contribution >= 0.6 is 8.03 Å². The Balaban J connectivity index is 2.24. The van der Waals surface area contributed by atoms with E-state index < -0.39 is 32.7 Å². The molecule has 5 atom stereocenters. The highest BCUT2D eigenvalue weighted by molar-refractivity contribution is 7.38. The van der Waals surface area contributed by atoms with Crippen molar-refractivity contribution >= 4 is 20.1 Å². The number of hydrogen-bond donors (Lipinski definition) is 2. The highest BCUT2D eigenvalue weighted by Gasteiger charge is 2.24. The predicted octanol–water partition coefficient (Wildman–Crippen LogP) is 3.75. The molecule has 0 aromatic carbocycles. The summed E-state index contributed by atoms with van der Waals surface area (Å²) in [7, 11) is -2.46. The smallest absolute Gasteiger partial charge is 0.412 e. The quantitative estimate of drug-likeness (QED) is 0.253. The van der Waals surface area contributed by atoms with Crippen LogP contribution in [0.2, 0.25) is 0 Å². The number of esters is 1. The highest BCUT2D eigenvalue weighted by atomic mass is 31.1. The Kier molecular flexibility index (Phi) is 10.8. The van der Waals surface area contributed by atoms with E-state index in [0.717, 1.165) is 25.7 Å². The van der Waals surface area contributed by atoms with Crippen molar-refractivity contribution in [3.63, 3.8) is 0 Å². The van der Waals surface area contributed by atoms with Crippen molar-refractivity contribution in [3.8, 4) is 0 Å². The number of rotatable bonds is 10. The number of amides is 1. The van der Waals surface area contributed by atoms with Gasteiger partial charge in [-0.3, -0.25) is 14.7 Å². The van der Waals surface area contributed by atoms with Gasteiger partial charge in [0.15, 0.2) is 14.3 Å². The lowest BCUT2D eigenvalue weighted by molar-refractivity contribution is -0.165. The fraction of sp³-hybridized carbons (Fsp3) is 0.882. The van der Waals surface area contributed by atoms with Crippen LogP contribution in [0.3, 0.4) is 0 Å². The largest absolute Gasteiger partial charge is 0.425 e. The minimum atomic E-state index is -2.46. The normalized spacial score (nSPS) is 23.5. The summed E-state index contributed by atoms with van der Waals surface area (Å²) in [6.45, 7) is 3.22. The SMILES string of the molecule is CCCC(=O)OC(C)OC(=O)NC(F)CCC1CCCC(C[PH](=O)O)C1. The third-order valence-electron chi connectivity index (χ3n) is 4.48. The van der Waals surface area contributed by atoms with Crippen molar-refractivity contribution in [3.05, 3.63) is 0 Å². The topological polar surface area (TPSA) is 102 Å². The molecule has 1 fully saturated rings. The molecule has 0 spiro atoms. The minimum Gasteiger partial charge on any atom is -0.425 e. The van der Waals surface area contributed by atoms with Crippen LogP contribution in [0.5, 0.6) is 0 Å². The van der Waals surface area contributed by atoms with Gasteiger partial charge in [0.1, 0.15) is 0 Å². The second-order valence-corrected chi connectivity index (χ2v) is 8.09. The van der Waals surface area contributed by atoms with Gasteiger partial charge >= 0.3 is 12.1 Å². The van der Waals surface area contributed by atoms with Crippen LogP contribution < -0.4 is 5.32 Å². The van der Waals surface area contributed by atoms with Crippen LogP contribution in [0.1, 0.15) is 65.2 Å². The molecular formula is C17H31FNO6P. The zero-order valence-electron chi connectivity index (χ0n) is 15.5. The molecular weight excluding hydrogens is 364 g/mol. The zero-order chi connectivity index (χ0) is 19.5. The molecule has 1 saturated carbocycles. The van der Waals surface area contributed by atoms with Crippen LogP contribution in [-0.4, -0.2) is 35.7 Å². The molecule has 1 aliphatic carbocycles. The molecule has 0 radical (unpaired) electrons. The molecule has 152 valence electrons. The summed E-state index contributed by atoms with van der Waals surface area (Å²) in [6.07, 6.45) is 2.13. The van der Waals surface area contributed by atoms with Crippen LogP contribution in [0.25, 0.3) is 0 Å². The summed E-state index contributed by atoms with van der Waals surface area (Å²) >= 11 is 0. The molecule has 1 rings (SSSR count). The lowest BCUT2D eigenvalue weighted by Crippen LogP contribution is -2.35. The molecule has 26 heavy (non-hydrogen) atoms. The van der Waals surface area contributed by atoms with Gasteiger partial charge in [-0.2, -0.15) is 0 Å². The lowest BCUT2D eigenvalue weighted by atomic mass is 9.80. The van der Waals surface area contributed by atoms with Crippen molar-refractivity contribution in [1.29, 1.82) is 0 Å². The molecule has 1 aliphatic rings. The molecule has 0 saturated heterocycles. The first-order valence-corrected chi connectivity index (χ1v) is 10.9. The maximum atomic E-state index is 13.9. The summed E-state index contributed by atoms with van der Waals surface area (Å²) < 4.78 is 34.6. The van der Waals surface area contributed by atoms with Gasteiger partial charge in [-0.15, -0.1) is 0 Å². The first-order valence-electron chi connectivity index (χ1n) is 9.32. The number of hydrogen-bond acceptors (Lipinski definition) is 5. The summed E-state index contributed by atoms with van der Waals surface area (Å²) in [5.41, 5.74) is 0. The number of carbonyl (C=O) groups excluding carboxylic acids is 2. The van der Waals surface area contributed by atoms with Crippen LogP contribution in [0.15, 0.2) is 0 Å². The van der Waals surface area contributed by atoms with Crippen molar-refractivity contribution in [1.82, 2.24) is 5.32 Å². The molecule has 0 heterocycles. The standard InChI is InChI=1S/C17H31FNO6P/c1-3-5-16(20)24-12(2)25-17(21)19-15(18)9-8-13-6-4-7-14(10-13)11-26(22)23/h12-15,26H,3-11H2,1-2H3,(H,19,21)(H,22,23). The molecule has 2 N–H and O–H groups in total. The molecule has 5 unspecified atom stereocenters. The van der Waals surface area contributed by atoms with E-state index in [1.165, 1.54) is 6.92 Å². The molecule has 9 heteroatoms. The van der Waals surface area contributed by atoms with Gasteiger partial charge in [-0.1, -0.05) is 19.8 Å². The first kappa shape index (κ1) is 22.9. The second-order valence-electron chi connectivity index (χ2n) is 6.90. The Hall–Kier alpha value is -1.14. The molecule has 7 nitrogen and oxygen atoms in total. The molecule has 0 aromatic heterocycles. The van der Waals surface area contributed by atoms with Gasteiger partial charge in [0.25, 0.3) is 0 Å². The Bertz CT molecular complexity index is 478. The third-order valence-corrected chi connectivity index (χ3v) is 5.41. The third kappa shape index (κ3) is 10.1. The maximum Gasteiger partial charge on any atom is 0.412 e. The van der Waals surface area contributed by atoms with Crippen LogP contribution in [0.4, 0.5) is 9.18 Å². The Morgan fingerprint density at radius 3 is 2.65 bits per heavy atom. The summed E-state index contributed by atoms with van der Waals surface area (Å²) in [4.78, 5) is 31.9. The average Bonchev–Trinajstić information content (AvgIpc) is 2.52. The van der Waals surface area contributed by atoms with Gasteiger partial charge in [0, 0.05) is 19.5 Å². The van der Waals surface area contributed by atoms with Crippen LogP contribution in [0, 0.1) is 11.8 Å². The van der Waals surface area contributed by atoms with E-state index in [-0.39, 0.29) is 18.8 Å². The van der Waals surface area contributed by atoms with Gasteiger partial charge in [0.2, 0.25) is 6.29 Å². The minimum absolute atomic E-state index is 0.158. The van der Waals surface area contributed by atoms with E-state index in [1.807, 2.05) is 6.92 Å². The van der Waals surface area contributed by atoms with E-state index in [2.05, 4.69) is 5.32 Å². The summed E-state index contributed by atoms with van der Waals surface area (Å²) in [6, 6.07) is 0. The monoisotopic (exact) mass is 395 g/mol. The van der Waals surface area contributed by atoms with E-state index in [0.29, 0.717) is 24.9 Å². The Morgan fingerprint density at radius 2 is 2.00 bits per heavy atom. The van der Waals surface area contributed by atoms with E-state index in [4.69, 9.17) is 14.4 Å². The number of ether oxygens (including phenoxy) is 2. The fourth-order valence-electron chi connectivity index (χ4n) is 3.34. The molecule has 1 amide bonds. The number of alkyl halides is 1. The van der Waals surface area contributed by atoms with Gasteiger partial charge in [0.05, 0.1) is 0 Å². The number of nitrogens with one attached hydrogen (secondary N) is 1. The van der Waals surface area contributed by atoms with E-state index >= 15 is 0 Å². The number of halogens is 1. The molecule has 0 bridgehead atoms. The molecule has 0 aromatic rings. The second kappa shape index (κ2) is 12.3. The van der Waals surface area contributed by atoms with E-state index in [1.54, 1.807) is 0 Å². The fourth-order valence-corrected chi connectivity index (χ4v) is 4.20. The first-order chi connectivity index (χ1) is 12.3. The average molecular weight is 395 g/mol. The predicted molar refractivity (Wildman–Crippen MR) is 95.7 cm³/mol. The van der Waals surface area contributed by atoms with Gasteiger partial charge in [-0.25, -0.2) is 9.18 Å². The van der Waals surface area contributed by atoms with Crippen molar-refractivity contribution in [2.75, 3.05) is 6.16 Å². The van der Waals surface area contributed by atoms with Crippen molar-refractivity contribution in [2.45, 2.75) is 77.8 Å². The van der Waals surface area contributed by atoms with Crippen molar-refractivity contribution < 1.29 is 32.9 Å². The Labute approximate surface area is 154 Å². The van der Waals surface area contributed by atoms with Gasteiger partial charge in [-0.05, 0) is 43.9 Å². The Morgan fingerprint density at radius 1 is 1.31 bits per heavy atom. The van der Waals surface area contributed by atoms with Gasteiger partial charge < -0.3 is 14.4 Å². The summed E-state index contributed by atoms with van der Waals surface area (Å²) in [5, 5.41) is 2.09. The van der Waals surface area contributed by atoms with Crippen LogP contribution in [-0.2, 0) is 18.8 Å². The number of carbonyl (C=O) groups is 2. The lowest BCUT2D eigenvalue weighted by Gasteiger charge is -2.29. The van der Waals surface area contributed by atoms with Crippen molar-refractivity contribution in [2.24, 2.45) is 11.8 Å². The summed E-state index contributed by atoms with van der Waals surface area (Å²) in [5.74, 6) is 0.0711. The number of alkyl carbamates (subject to hydrolysis) is 1.